The molecule has 1 aromatic heterocycles. The Morgan fingerprint density at radius 1 is 1.33 bits per heavy atom. The summed E-state index contributed by atoms with van der Waals surface area (Å²) in [6.07, 6.45) is 0.627. The minimum atomic E-state index is -4.10. The summed E-state index contributed by atoms with van der Waals surface area (Å²) in [6, 6.07) is 3.63. The van der Waals surface area contributed by atoms with Crippen LogP contribution in [-0.2, 0) is 6.42 Å². The topological polar surface area (TPSA) is 24.9 Å². The average molecular weight is 300 g/mol. The number of likely N-dealkylation sites (N-methyl/N-ethyl adjacent to an activating group) is 1. The van der Waals surface area contributed by atoms with E-state index in [2.05, 4.69) is 10.3 Å². The molecule has 3 atom stereocenters. The van der Waals surface area contributed by atoms with Crippen LogP contribution < -0.4 is 5.32 Å². The third-order valence-electron chi connectivity index (χ3n) is 4.66. The molecule has 1 aliphatic rings. The lowest BCUT2D eigenvalue weighted by molar-refractivity contribution is -0.199. The van der Waals surface area contributed by atoms with Crippen LogP contribution in [0.4, 0.5) is 13.2 Å². The standard InChI is InChI=1S/C16H23F3N2/c1-11-6-5-9-21-14(11)10-15(20-2)12-7-3-4-8-13(12)16(17,18)19/h5-6,9,12-13,15,20H,3-4,7-8,10H2,1-2H3. The van der Waals surface area contributed by atoms with Gasteiger partial charge in [-0.2, -0.15) is 13.2 Å². The lowest BCUT2D eigenvalue weighted by Crippen LogP contribution is -2.45. The van der Waals surface area contributed by atoms with Crippen LogP contribution in [-0.4, -0.2) is 24.2 Å². The van der Waals surface area contributed by atoms with E-state index in [1.165, 1.54) is 0 Å². The average Bonchev–Trinajstić information content (AvgIpc) is 2.45. The third-order valence-corrected chi connectivity index (χ3v) is 4.66. The van der Waals surface area contributed by atoms with Crippen LogP contribution in [0.2, 0.25) is 0 Å². The molecule has 118 valence electrons. The SMILES string of the molecule is CNC(Cc1ncccc1C)C1CCCCC1C(F)(F)F. The smallest absolute Gasteiger partial charge is 0.316 e. The monoisotopic (exact) mass is 300 g/mol. The van der Waals surface area contributed by atoms with Gasteiger partial charge in [-0.25, -0.2) is 0 Å². The molecule has 0 spiro atoms. The zero-order valence-electron chi connectivity index (χ0n) is 12.6. The molecule has 1 fully saturated rings. The number of aromatic nitrogens is 1. The van der Waals surface area contributed by atoms with Crippen molar-refractivity contribution in [1.82, 2.24) is 10.3 Å². The van der Waals surface area contributed by atoms with E-state index in [-0.39, 0.29) is 18.4 Å². The molecular formula is C16H23F3N2. The van der Waals surface area contributed by atoms with Crippen molar-refractivity contribution < 1.29 is 13.2 Å². The molecule has 0 amide bonds. The highest BCUT2D eigenvalue weighted by Crippen LogP contribution is 2.43. The second-order valence-electron chi connectivity index (χ2n) is 5.96. The Bertz CT molecular complexity index is 459. The highest BCUT2D eigenvalue weighted by Gasteiger charge is 2.47. The van der Waals surface area contributed by atoms with Crippen LogP contribution in [0.15, 0.2) is 18.3 Å². The summed E-state index contributed by atoms with van der Waals surface area (Å²) >= 11 is 0. The van der Waals surface area contributed by atoms with Gasteiger partial charge in [0.2, 0.25) is 0 Å². The third kappa shape index (κ3) is 3.96. The number of rotatable bonds is 4. The van der Waals surface area contributed by atoms with E-state index < -0.39 is 12.1 Å². The van der Waals surface area contributed by atoms with Crippen molar-refractivity contribution >= 4 is 0 Å². The predicted octanol–water partition coefficient (Wildman–Crippen LogP) is 3.89. The van der Waals surface area contributed by atoms with E-state index in [1.54, 1.807) is 13.2 Å². The Kier molecular flexibility index (Phi) is 5.25. The quantitative estimate of drug-likeness (QED) is 0.912. The molecule has 1 heterocycles. The molecule has 3 unspecified atom stereocenters. The summed E-state index contributed by atoms with van der Waals surface area (Å²) in [5.41, 5.74) is 1.93. The Balaban J connectivity index is 2.17. The minimum Gasteiger partial charge on any atom is -0.316 e. The summed E-state index contributed by atoms with van der Waals surface area (Å²) in [7, 11) is 1.75. The first kappa shape index (κ1) is 16.3. The van der Waals surface area contributed by atoms with Gasteiger partial charge < -0.3 is 5.32 Å². The molecule has 1 saturated carbocycles. The number of pyridine rings is 1. The van der Waals surface area contributed by atoms with Crippen molar-refractivity contribution in [2.75, 3.05) is 7.05 Å². The highest BCUT2D eigenvalue weighted by atomic mass is 19.4. The van der Waals surface area contributed by atoms with Gasteiger partial charge in [0.1, 0.15) is 0 Å². The van der Waals surface area contributed by atoms with E-state index in [1.807, 2.05) is 19.1 Å². The second-order valence-corrected chi connectivity index (χ2v) is 5.96. The maximum Gasteiger partial charge on any atom is 0.392 e. The van der Waals surface area contributed by atoms with Gasteiger partial charge in [-0.15, -0.1) is 0 Å². The maximum absolute atomic E-state index is 13.3. The second kappa shape index (κ2) is 6.77. The first-order chi connectivity index (χ1) is 9.93. The van der Waals surface area contributed by atoms with Crippen LogP contribution in [0.5, 0.6) is 0 Å². The molecule has 1 N–H and O–H groups in total. The molecule has 21 heavy (non-hydrogen) atoms. The van der Waals surface area contributed by atoms with Gasteiger partial charge in [-0.05, 0) is 44.4 Å². The molecule has 2 nitrogen and oxygen atoms in total. The molecule has 1 aliphatic carbocycles. The lowest BCUT2D eigenvalue weighted by Gasteiger charge is -2.38. The van der Waals surface area contributed by atoms with E-state index >= 15 is 0 Å². The van der Waals surface area contributed by atoms with Crippen LogP contribution in [0, 0.1) is 18.8 Å². The number of hydrogen-bond acceptors (Lipinski definition) is 2. The van der Waals surface area contributed by atoms with Gasteiger partial charge in [0.25, 0.3) is 0 Å². The van der Waals surface area contributed by atoms with E-state index in [9.17, 15) is 13.2 Å². The molecule has 0 saturated heterocycles. The van der Waals surface area contributed by atoms with Crippen LogP contribution in [0.1, 0.15) is 36.9 Å². The maximum atomic E-state index is 13.3. The van der Waals surface area contributed by atoms with Gasteiger partial charge >= 0.3 is 6.18 Å². The molecule has 0 aromatic carbocycles. The Hall–Kier alpha value is -1.10. The van der Waals surface area contributed by atoms with Crippen LogP contribution >= 0.6 is 0 Å². The number of halogens is 3. The summed E-state index contributed by atoms with van der Waals surface area (Å²) in [6.45, 7) is 1.96. The molecule has 0 radical (unpaired) electrons. The number of aryl methyl sites for hydroxylation is 1. The summed E-state index contributed by atoms with van der Waals surface area (Å²) in [4.78, 5) is 4.33. The number of hydrogen-bond donors (Lipinski definition) is 1. The summed E-state index contributed by atoms with van der Waals surface area (Å²) < 4.78 is 39.8. The summed E-state index contributed by atoms with van der Waals surface area (Å²) in [5, 5.41) is 3.11. The van der Waals surface area contributed by atoms with Crippen LogP contribution in [0.3, 0.4) is 0 Å². The molecule has 5 heteroatoms. The van der Waals surface area contributed by atoms with Gasteiger partial charge in [0.05, 0.1) is 5.92 Å². The summed E-state index contributed by atoms with van der Waals surface area (Å²) in [5.74, 6) is -1.54. The Morgan fingerprint density at radius 3 is 2.67 bits per heavy atom. The molecule has 0 bridgehead atoms. The Labute approximate surface area is 124 Å². The fourth-order valence-electron chi connectivity index (χ4n) is 3.46. The van der Waals surface area contributed by atoms with Gasteiger partial charge in [0, 0.05) is 24.4 Å². The van der Waals surface area contributed by atoms with Crippen molar-refractivity contribution in [3.63, 3.8) is 0 Å². The van der Waals surface area contributed by atoms with E-state index in [0.717, 1.165) is 17.7 Å². The van der Waals surface area contributed by atoms with Crippen molar-refractivity contribution in [2.45, 2.75) is 51.2 Å². The number of alkyl halides is 3. The van der Waals surface area contributed by atoms with Gasteiger partial charge in [-0.1, -0.05) is 18.9 Å². The molecular weight excluding hydrogens is 277 g/mol. The zero-order valence-corrected chi connectivity index (χ0v) is 12.6. The van der Waals surface area contributed by atoms with Gasteiger partial charge in [0.15, 0.2) is 0 Å². The Morgan fingerprint density at radius 2 is 2.05 bits per heavy atom. The first-order valence-corrected chi connectivity index (χ1v) is 7.58. The van der Waals surface area contributed by atoms with E-state index in [0.29, 0.717) is 19.3 Å². The highest BCUT2D eigenvalue weighted by molar-refractivity contribution is 5.19. The van der Waals surface area contributed by atoms with Gasteiger partial charge in [-0.3, -0.25) is 4.98 Å². The molecule has 0 aliphatic heterocycles. The first-order valence-electron chi connectivity index (χ1n) is 7.58. The molecule has 2 rings (SSSR count). The largest absolute Gasteiger partial charge is 0.392 e. The lowest BCUT2D eigenvalue weighted by atomic mass is 9.73. The normalized spacial score (nSPS) is 24.8. The van der Waals surface area contributed by atoms with Crippen molar-refractivity contribution in [3.8, 4) is 0 Å². The van der Waals surface area contributed by atoms with E-state index in [4.69, 9.17) is 0 Å². The predicted molar refractivity (Wildman–Crippen MR) is 77.0 cm³/mol. The van der Waals surface area contributed by atoms with Crippen LogP contribution in [0.25, 0.3) is 0 Å². The fraction of sp³-hybridized carbons (Fsp3) is 0.688. The van der Waals surface area contributed by atoms with Crippen molar-refractivity contribution in [1.29, 1.82) is 0 Å². The number of nitrogens with zero attached hydrogens (tertiary/aromatic N) is 1. The van der Waals surface area contributed by atoms with Crippen molar-refractivity contribution in [3.05, 3.63) is 29.6 Å². The zero-order chi connectivity index (χ0) is 15.5. The minimum absolute atomic E-state index is 0.175. The fourth-order valence-corrected chi connectivity index (χ4v) is 3.46. The number of nitrogens with one attached hydrogen (secondary N) is 1. The van der Waals surface area contributed by atoms with Crippen molar-refractivity contribution in [2.24, 2.45) is 11.8 Å². The molecule has 1 aromatic rings.